The normalized spacial score (nSPS) is 28.6. The van der Waals surface area contributed by atoms with Crippen molar-refractivity contribution in [2.75, 3.05) is 19.6 Å². The first-order valence-corrected chi connectivity index (χ1v) is 8.00. The molecule has 1 fully saturated rings. The molecule has 0 bridgehead atoms. The van der Waals surface area contributed by atoms with Gasteiger partial charge >= 0.3 is 0 Å². The topological polar surface area (TPSA) is 38.5 Å². The molecule has 1 aliphatic carbocycles. The van der Waals surface area contributed by atoms with Crippen LogP contribution in [0.4, 0.5) is 0 Å². The van der Waals surface area contributed by atoms with Crippen molar-refractivity contribution in [3.63, 3.8) is 0 Å². The van der Waals surface area contributed by atoms with Gasteiger partial charge in [-0.3, -0.25) is 4.90 Å². The van der Waals surface area contributed by atoms with Gasteiger partial charge in [0.15, 0.2) is 0 Å². The molecule has 1 aromatic carbocycles. The molecule has 3 nitrogen and oxygen atoms in total. The van der Waals surface area contributed by atoms with Crippen LogP contribution in [0.25, 0.3) is 0 Å². The second kappa shape index (κ2) is 6.15. The number of rotatable bonds is 5. The fraction of sp³-hybridized carbons (Fsp3) is 0.647. The predicted octanol–water partition coefficient (Wildman–Crippen LogP) is 2.44. The zero-order valence-corrected chi connectivity index (χ0v) is 12.4. The van der Waals surface area contributed by atoms with E-state index in [-0.39, 0.29) is 0 Å². The first-order chi connectivity index (χ1) is 9.81. The van der Waals surface area contributed by atoms with Gasteiger partial charge in [0.1, 0.15) is 11.9 Å². The van der Waals surface area contributed by atoms with Crippen molar-refractivity contribution in [1.29, 1.82) is 0 Å². The van der Waals surface area contributed by atoms with E-state index in [1.807, 2.05) is 0 Å². The Morgan fingerprint density at radius 1 is 1.30 bits per heavy atom. The van der Waals surface area contributed by atoms with Crippen molar-refractivity contribution < 1.29 is 4.74 Å². The van der Waals surface area contributed by atoms with Gasteiger partial charge in [-0.2, -0.15) is 0 Å². The van der Waals surface area contributed by atoms with E-state index in [2.05, 4.69) is 36.1 Å². The highest BCUT2D eigenvalue weighted by molar-refractivity contribution is 5.37. The van der Waals surface area contributed by atoms with Gasteiger partial charge in [-0.15, -0.1) is 0 Å². The molecular weight excluding hydrogens is 248 g/mol. The van der Waals surface area contributed by atoms with E-state index in [1.165, 1.54) is 24.8 Å². The molecule has 0 radical (unpaired) electrons. The largest absolute Gasteiger partial charge is 0.488 e. The zero-order chi connectivity index (χ0) is 13.9. The molecule has 20 heavy (non-hydrogen) atoms. The molecule has 0 saturated heterocycles. The summed E-state index contributed by atoms with van der Waals surface area (Å²) in [7, 11) is 0. The fourth-order valence-electron chi connectivity index (χ4n) is 3.89. The highest BCUT2D eigenvalue weighted by atomic mass is 16.5. The van der Waals surface area contributed by atoms with Crippen LogP contribution in [0, 0.1) is 5.92 Å². The Morgan fingerprint density at radius 3 is 2.90 bits per heavy atom. The molecule has 3 atom stereocenters. The third kappa shape index (κ3) is 2.70. The summed E-state index contributed by atoms with van der Waals surface area (Å²) >= 11 is 0. The van der Waals surface area contributed by atoms with Crippen molar-refractivity contribution in [2.24, 2.45) is 11.7 Å². The average Bonchev–Trinajstić information content (AvgIpc) is 3.10. The third-order valence-corrected chi connectivity index (χ3v) is 4.95. The van der Waals surface area contributed by atoms with Crippen LogP contribution in [0.5, 0.6) is 5.75 Å². The molecule has 2 aliphatic rings. The van der Waals surface area contributed by atoms with E-state index < -0.39 is 0 Å². The maximum atomic E-state index is 6.09. The standard InChI is InChI=1S/C17H26N2O/c1-2-19(16-8-5-7-14(16)11-18)12-15-10-13-6-3-4-9-17(13)20-15/h3-4,6,9,14-16H,2,5,7-8,10-12,18H2,1H3. The Balaban J connectivity index is 1.62. The smallest absolute Gasteiger partial charge is 0.123 e. The van der Waals surface area contributed by atoms with E-state index in [4.69, 9.17) is 10.5 Å². The minimum atomic E-state index is 0.311. The van der Waals surface area contributed by atoms with Crippen LogP contribution in [0.1, 0.15) is 31.7 Å². The minimum Gasteiger partial charge on any atom is -0.488 e. The maximum absolute atomic E-state index is 6.09. The summed E-state index contributed by atoms with van der Waals surface area (Å²) in [5.74, 6) is 1.76. The van der Waals surface area contributed by atoms with Crippen LogP contribution in [0.3, 0.4) is 0 Å². The van der Waals surface area contributed by atoms with Gasteiger partial charge in [0.05, 0.1) is 0 Å². The quantitative estimate of drug-likeness (QED) is 0.896. The number of likely N-dealkylation sites (N-methyl/N-ethyl adjacent to an activating group) is 1. The summed E-state index contributed by atoms with van der Waals surface area (Å²) in [6, 6.07) is 9.09. The van der Waals surface area contributed by atoms with Gasteiger partial charge in [0.2, 0.25) is 0 Å². The molecule has 1 aliphatic heterocycles. The highest BCUT2D eigenvalue weighted by Crippen LogP contribution is 2.32. The number of para-hydroxylation sites is 1. The van der Waals surface area contributed by atoms with Crippen molar-refractivity contribution in [3.8, 4) is 5.75 Å². The summed E-state index contributed by atoms with van der Waals surface area (Å²) < 4.78 is 6.09. The van der Waals surface area contributed by atoms with E-state index in [9.17, 15) is 0 Å². The molecule has 0 aromatic heterocycles. The lowest BCUT2D eigenvalue weighted by Gasteiger charge is -2.33. The first-order valence-electron chi connectivity index (χ1n) is 8.00. The molecule has 3 rings (SSSR count). The van der Waals surface area contributed by atoms with Gasteiger partial charge in [-0.1, -0.05) is 31.5 Å². The van der Waals surface area contributed by atoms with E-state index in [1.54, 1.807) is 0 Å². The number of nitrogens with two attached hydrogens (primary N) is 1. The van der Waals surface area contributed by atoms with E-state index >= 15 is 0 Å². The second-order valence-electron chi connectivity index (χ2n) is 6.13. The first kappa shape index (κ1) is 13.9. The van der Waals surface area contributed by atoms with Crippen LogP contribution in [0.2, 0.25) is 0 Å². The number of ether oxygens (including phenoxy) is 1. The molecule has 1 aromatic rings. The molecule has 110 valence electrons. The molecule has 3 unspecified atom stereocenters. The third-order valence-electron chi connectivity index (χ3n) is 4.95. The van der Waals surface area contributed by atoms with Crippen LogP contribution < -0.4 is 10.5 Å². The van der Waals surface area contributed by atoms with E-state index in [0.29, 0.717) is 18.1 Å². The van der Waals surface area contributed by atoms with Gasteiger partial charge in [-0.25, -0.2) is 0 Å². The fourth-order valence-corrected chi connectivity index (χ4v) is 3.89. The van der Waals surface area contributed by atoms with Gasteiger partial charge in [0, 0.05) is 19.0 Å². The number of fused-ring (bicyclic) bond motifs is 1. The zero-order valence-electron chi connectivity index (χ0n) is 12.4. The summed E-state index contributed by atoms with van der Waals surface area (Å²) in [4.78, 5) is 2.60. The molecule has 0 amide bonds. The lowest BCUT2D eigenvalue weighted by atomic mass is 10.0. The monoisotopic (exact) mass is 274 g/mol. The van der Waals surface area contributed by atoms with Crippen molar-refractivity contribution in [1.82, 2.24) is 4.90 Å². The Hall–Kier alpha value is -1.06. The average molecular weight is 274 g/mol. The Morgan fingerprint density at radius 2 is 2.15 bits per heavy atom. The summed E-state index contributed by atoms with van der Waals surface area (Å²) in [5.41, 5.74) is 7.29. The summed E-state index contributed by atoms with van der Waals surface area (Å²) in [5, 5.41) is 0. The SMILES string of the molecule is CCN(CC1Cc2ccccc2O1)C1CCCC1CN. The van der Waals surface area contributed by atoms with Crippen molar-refractivity contribution in [3.05, 3.63) is 29.8 Å². The Labute approximate surface area is 122 Å². The minimum absolute atomic E-state index is 0.311. The summed E-state index contributed by atoms with van der Waals surface area (Å²) in [6.07, 6.45) is 5.28. The van der Waals surface area contributed by atoms with E-state index in [0.717, 1.165) is 31.8 Å². The molecule has 0 spiro atoms. The van der Waals surface area contributed by atoms with Gasteiger partial charge < -0.3 is 10.5 Å². The lowest BCUT2D eigenvalue weighted by Crippen LogP contribution is -2.45. The van der Waals surface area contributed by atoms with Crippen LogP contribution in [-0.4, -0.2) is 36.7 Å². The number of nitrogens with zero attached hydrogens (tertiary/aromatic N) is 1. The van der Waals surface area contributed by atoms with Gasteiger partial charge in [0.25, 0.3) is 0 Å². The Bertz CT molecular complexity index is 423. The molecule has 2 N–H and O–H groups in total. The van der Waals surface area contributed by atoms with Crippen molar-refractivity contribution >= 4 is 0 Å². The summed E-state index contributed by atoms with van der Waals surface area (Å²) in [6.45, 7) is 5.21. The van der Waals surface area contributed by atoms with Crippen LogP contribution in [0.15, 0.2) is 24.3 Å². The maximum Gasteiger partial charge on any atom is 0.123 e. The number of hydrogen-bond acceptors (Lipinski definition) is 3. The molecular formula is C17H26N2O. The second-order valence-corrected chi connectivity index (χ2v) is 6.13. The highest BCUT2D eigenvalue weighted by Gasteiger charge is 2.33. The predicted molar refractivity (Wildman–Crippen MR) is 82.0 cm³/mol. The molecule has 1 saturated carbocycles. The molecule has 3 heteroatoms. The molecule has 1 heterocycles. The van der Waals surface area contributed by atoms with Crippen LogP contribution >= 0.6 is 0 Å². The van der Waals surface area contributed by atoms with Crippen LogP contribution in [-0.2, 0) is 6.42 Å². The number of hydrogen-bond donors (Lipinski definition) is 1. The number of benzene rings is 1. The Kier molecular flexibility index (Phi) is 4.27. The van der Waals surface area contributed by atoms with Gasteiger partial charge in [-0.05, 0) is 43.5 Å². The van der Waals surface area contributed by atoms with Crippen molar-refractivity contribution in [2.45, 2.75) is 44.8 Å². The lowest BCUT2D eigenvalue weighted by molar-refractivity contribution is 0.104.